The molecule has 0 bridgehead atoms. The molecule has 2 aromatic carbocycles. The molecule has 1 aliphatic rings. The van der Waals surface area contributed by atoms with E-state index < -0.39 is 0 Å². The maximum Gasteiger partial charge on any atom is 0.263 e. The molecule has 0 atom stereocenters. The van der Waals surface area contributed by atoms with Crippen molar-refractivity contribution in [2.45, 2.75) is 40.3 Å². The highest BCUT2D eigenvalue weighted by Gasteiger charge is 2.23. The highest BCUT2D eigenvalue weighted by molar-refractivity contribution is 5.91. The number of fused-ring (bicyclic) bond motifs is 1. The summed E-state index contributed by atoms with van der Waals surface area (Å²) in [6, 6.07) is 14.5. The van der Waals surface area contributed by atoms with Gasteiger partial charge in [-0.1, -0.05) is 42.5 Å². The van der Waals surface area contributed by atoms with Gasteiger partial charge in [0.2, 0.25) is 0 Å². The summed E-state index contributed by atoms with van der Waals surface area (Å²) >= 11 is 0. The predicted molar refractivity (Wildman–Crippen MR) is 118 cm³/mol. The maximum atomic E-state index is 12.5. The van der Waals surface area contributed by atoms with Gasteiger partial charge in [-0.05, 0) is 49.4 Å². The number of carbonyl (C=O) groups is 1. The first-order valence-electron chi connectivity index (χ1n) is 10.3. The number of hydrogen-bond acceptors (Lipinski definition) is 4. The lowest BCUT2D eigenvalue weighted by Gasteiger charge is -2.26. The van der Waals surface area contributed by atoms with Gasteiger partial charge in [-0.25, -0.2) is 0 Å². The molecule has 3 aromatic rings. The van der Waals surface area contributed by atoms with E-state index in [1.807, 2.05) is 32.9 Å². The fraction of sp³-hybridized carbons (Fsp3) is 0.333. The summed E-state index contributed by atoms with van der Waals surface area (Å²) in [7, 11) is 0. The van der Waals surface area contributed by atoms with Crippen molar-refractivity contribution >= 4 is 11.7 Å². The molecule has 0 fully saturated rings. The Morgan fingerprint density at radius 1 is 1.13 bits per heavy atom. The third-order valence-corrected chi connectivity index (χ3v) is 5.74. The quantitative estimate of drug-likeness (QED) is 0.654. The zero-order valence-electron chi connectivity index (χ0n) is 17.8. The Kier molecular flexibility index (Phi) is 5.86. The zero-order chi connectivity index (χ0) is 21.1. The average molecular weight is 405 g/mol. The lowest BCUT2D eigenvalue weighted by atomic mass is 10.1. The number of aryl methyl sites for hydroxylation is 2. The molecule has 0 aliphatic carbocycles. The molecule has 6 nitrogen and oxygen atoms in total. The van der Waals surface area contributed by atoms with E-state index in [0.717, 1.165) is 59.8 Å². The molecule has 156 valence electrons. The fourth-order valence-electron chi connectivity index (χ4n) is 3.91. The molecule has 1 amide bonds. The number of nitrogens with one attached hydrogen (secondary N) is 2. The van der Waals surface area contributed by atoms with Gasteiger partial charge in [-0.15, -0.1) is 0 Å². The van der Waals surface area contributed by atoms with E-state index in [-0.39, 0.29) is 12.5 Å². The van der Waals surface area contributed by atoms with Crippen LogP contribution in [0.5, 0.6) is 5.75 Å². The first-order valence-corrected chi connectivity index (χ1v) is 10.3. The zero-order valence-corrected chi connectivity index (χ0v) is 17.8. The second-order valence-electron chi connectivity index (χ2n) is 7.97. The number of aromatic nitrogens is 2. The van der Waals surface area contributed by atoms with Gasteiger partial charge in [0, 0.05) is 25.2 Å². The van der Waals surface area contributed by atoms with Gasteiger partial charge in [0.15, 0.2) is 12.4 Å². The molecule has 0 spiro atoms. The molecule has 0 saturated carbocycles. The van der Waals surface area contributed by atoms with E-state index in [4.69, 9.17) is 4.74 Å². The topological polar surface area (TPSA) is 70.2 Å². The summed E-state index contributed by atoms with van der Waals surface area (Å²) in [5, 5.41) is 10.4. The first kappa shape index (κ1) is 20.2. The van der Waals surface area contributed by atoms with Crippen molar-refractivity contribution in [2.75, 3.05) is 18.5 Å². The Balaban J connectivity index is 1.36. The first-order chi connectivity index (χ1) is 14.5. The number of nitrogens with zero attached hydrogens (tertiary/aromatic N) is 2. The van der Waals surface area contributed by atoms with Gasteiger partial charge >= 0.3 is 0 Å². The van der Waals surface area contributed by atoms with Crippen LogP contribution in [-0.4, -0.2) is 34.2 Å². The minimum absolute atomic E-state index is 0.0348. The number of rotatable bonds is 6. The monoisotopic (exact) mass is 404 g/mol. The van der Waals surface area contributed by atoms with E-state index in [2.05, 4.69) is 50.7 Å². The normalized spacial score (nSPS) is 13.7. The number of carbonyl (C=O) groups excluding carboxylic acids is 1. The number of amides is 1. The second-order valence-corrected chi connectivity index (χ2v) is 7.97. The largest absolute Gasteiger partial charge is 0.483 e. The predicted octanol–water partition coefficient (Wildman–Crippen LogP) is 3.91. The van der Waals surface area contributed by atoms with Crippen molar-refractivity contribution in [2.24, 2.45) is 0 Å². The Bertz CT molecular complexity index is 1040. The Labute approximate surface area is 177 Å². The smallest absolute Gasteiger partial charge is 0.263 e. The number of ether oxygens (including phenoxy) is 1. The Morgan fingerprint density at radius 3 is 2.70 bits per heavy atom. The molecular formula is C24H28N4O2. The van der Waals surface area contributed by atoms with Crippen molar-refractivity contribution in [3.05, 3.63) is 76.0 Å². The van der Waals surface area contributed by atoms with E-state index in [0.29, 0.717) is 5.82 Å². The van der Waals surface area contributed by atoms with E-state index in [9.17, 15) is 4.79 Å². The van der Waals surface area contributed by atoms with Gasteiger partial charge in [0.1, 0.15) is 5.75 Å². The third kappa shape index (κ3) is 4.39. The van der Waals surface area contributed by atoms with Crippen LogP contribution in [0.15, 0.2) is 42.5 Å². The maximum absolute atomic E-state index is 12.5. The van der Waals surface area contributed by atoms with Crippen LogP contribution in [0.1, 0.15) is 33.5 Å². The van der Waals surface area contributed by atoms with Crippen LogP contribution in [0.25, 0.3) is 0 Å². The van der Waals surface area contributed by atoms with E-state index >= 15 is 0 Å². The van der Waals surface area contributed by atoms with Crippen LogP contribution < -0.4 is 10.1 Å². The molecule has 6 heteroatoms. The molecule has 2 N–H and O–H groups in total. The Hall–Kier alpha value is -3.12. The summed E-state index contributed by atoms with van der Waals surface area (Å²) in [5.74, 6) is 1.21. The molecule has 0 saturated heterocycles. The molecule has 30 heavy (non-hydrogen) atoms. The highest BCUT2D eigenvalue weighted by Crippen LogP contribution is 2.27. The van der Waals surface area contributed by atoms with Gasteiger partial charge < -0.3 is 10.1 Å². The molecule has 2 heterocycles. The molecular weight excluding hydrogens is 376 g/mol. The number of benzene rings is 2. The van der Waals surface area contributed by atoms with Gasteiger partial charge in [0.05, 0.1) is 5.69 Å². The molecule has 0 radical (unpaired) electrons. The third-order valence-electron chi connectivity index (χ3n) is 5.74. The van der Waals surface area contributed by atoms with Crippen LogP contribution >= 0.6 is 0 Å². The lowest BCUT2D eigenvalue weighted by molar-refractivity contribution is -0.118. The van der Waals surface area contributed by atoms with Crippen molar-refractivity contribution in [3.8, 4) is 5.75 Å². The number of aromatic amines is 1. The summed E-state index contributed by atoms with van der Waals surface area (Å²) in [6.07, 6.45) is 0.852. The fourth-order valence-corrected chi connectivity index (χ4v) is 3.91. The summed E-state index contributed by atoms with van der Waals surface area (Å²) in [4.78, 5) is 14.9. The molecule has 1 aliphatic heterocycles. The average Bonchev–Trinajstić information content (AvgIpc) is 3.13. The van der Waals surface area contributed by atoms with Crippen molar-refractivity contribution in [1.82, 2.24) is 15.1 Å². The van der Waals surface area contributed by atoms with Crippen LogP contribution in [-0.2, 0) is 24.3 Å². The summed E-state index contributed by atoms with van der Waals surface area (Å²) in [6.45, 7) is 8.65. The summed E-state index contributed by atoms with van der Waals surface area (Å²) in [5.41, 5.74) is 6.71. The van der Waals surface area contributed by atoms with E-state index in [1.54, 1.807) is 0 Å². The van der Waals surface area contributed by atoms with Crippen molar-refractivity contribution in [3.63, 3.8) is 0 Å². The number of anilines is 1. The molecule has 0 unspecified atom stereocenters. The minimum atomic E-state index is -0.198. The lowest BCUT2D eigenvalue weighted by Crippen LogP contribution is -2.30. The van der Waals surface area contributed by atoms with Crippen molar-refractivity contribution in [1.29, 1.82) is 0 Å². The van der Waals surface area contributed by atoms with Gasteiger partial charge in [0.25, 0.3) is 5.91 Å². The number of H-pyrrole nitrogens is 1. The van der Waals surface area contributed by atoms with Crippen LogP contribution in [0, 0.1) is 20.8 Å². The Morgan fingerprint density at radius 2 is 1.90 bits per heavy atom. The highest BCUT2D eigenvalue weighted by atomic mass is 16.5. The van der Waals surface area contributed by atoms with Gasteiger partial charge in [-0.3, -0.25) is 14.8 Å². The minimum Gasteiger partial charge on any atom is -0.483 e. The van der Waals surface area contributed by atoms with E-state index in [1.165, 1.54) is 5.56 Å². The second kappa shape index (κ2) is 8.71. The van der Waals surface area contributed by atoms with Crippen LogP contribution in [0.3, 0.4) is 0 Å². The SMILES string of the molecule is Cc1ccc(C)c(OCC(=O)Nc2n[nH]c3c2CCN(Cc2ccccc2)C3)c1C. The van der Waals surface area contributed by atoms with Gasteiger partial charge in [-0.2, -0.15) is 5.10 Å². The van der Waals surface area contributed by atoms with Crippen molar-refractivity contribution < 1.29 is 9.53 Å². The summed E-state index contributed by atoms with van der Waals surface area (Å²) < 4.78 is 5.83. The molecule has 4 rings (SSSR count). The standard InChI is InChI=1S/C24H28N4O2/c1-16-9-10-17(2)23(18(16)3)30-15-22(29)25-24-20-11-12-28(14-21(20)26-27-24)13-19-7-5-4-6-8-19/h4-10H,11-15H2,1-3H3,(H2,25,26,27,29). The number of hydrogen-bond donors (Lipinski definition) is 2. The molecule has 1 aromatic heterocycles. The van der Waals surface area contributed by atoms with Crippen LogP contribution in [0.4, 0.5) is 5.82 Å². The van der Waals surface area contributed by atoms with Crippen LogP contribution in [0.2, 0.25) is 0 Å².